The Hall–Kier alpha value is -3.04. The van der Waals surface area contributed by atoms with Gasteiger partial charge in [-0.1, -0.05) is 11.6 Å². The SMILES string of the molecule is O[C@@H]1CO[C@H]2[C@@H]1OC[C@@H]2Oc1ccc(-c2ccc(-c3nc4cc(Cl)ccc4[nH]3)cn2)cn1. The summed E-state index contributed by atoms with van der Waals surface area (Å²) in [4.78, 5) is 16.8. The van der Waals surface area contributed by atoms with E-state index < -0.39 is 6.10 Å². The van der Waals surface area contributed by atoms with Gasteiger partial charge in [0.2, 0.25) is 5.88 Å². The molecule has 5 heterocycles. The number of nitrogens with zero attached hydrogens (tertiary/aromatic N) is 3. The summed E-state index contributed by atoms with van der Waals surface area (Å²) in [6.45, 7) is 0.637. The summed E-state index contributed by atoms with van der Waals surface area (Å²) < 4.78 is 17.1. The molecule has 162 valence electrons. The van der Waals surface area contributed by atoms with Gasteiger partial charge in [0, 0.05) is 34.6 Å². The summed E-state index contributed by atoms with van der Waals surface area (Å²) in [7, 11) is 0. The molecule has 2 N–H and O–H groups in total. The third-order valence-corrected chi connectivity index (χ3v) is 6.00. The van der Waals surface area contributed by atoms with Crippen molar-refractivity contribution in [2.45, 2.75) is 24.4 Å². The molecule has 0 radical (unpaired) electrons. The standard InChI is InChI=1S/C23H19ClN4O4/c24-14-3-5-16-17(7-14)28-23(27-16)13-1-4-15(25-9-13)12-2-6-20(26-8-12)32-19-11-31-21-18(29)10-30-22(19)21/h1-9,18-19,21-22,29H,10-11H2,(H,27,28)/t18-,19+,21-,22-/m1/s1. The number of aliphatic hydroxyl groups is 1. The van der Waals surface area contributed by atoms with Gasteiger partial charge in [-0.3, -0.25) is 4.98 Å². The second-order valence-electron chi connectivity index (χ2n) is 7.88. The molecule has 2 aliphatic rings. The Morgan fingerprint density at radius 3 is 2.62 bits per heavy atom. The van der Waals surface area contributed by atoms with E-state index in [1.54, 1.807) is 18.5 Å². The maximum absolute atomic E-state index is 9.85. The van der Waals surface area contributed by atoms with Crippen LogP contribution in [0.25, 0.3) is 33.7 Å². The van der Waals surface area contributed by atoms with E-state index in [4.69, 9.17) is 25.8 Å². The van der Waals surface area contributed by atoms with Gasteiger partial charge in [0.15, 0.2) is 6.10 Å². The molecule has 1 aromatic carbocycles. The molecular formula is C23H19ClN4O4. The molecule has 2 fully saturated rings. The van der Waals surface area contributed by atoms with E-state index in [1.807, 2.05) is 36.4 Å². The van der Waals surface area contributed by atoms with E-state index in [0.717, 1.165) is 33.7 Å². The highest BCUT2D eigenvalue weighted by Crippen LogP contribution is 2.30. The highest BCUT2D eigenvalue weighted by molar-refractivity contribution is 6.31. The van der Waals surface area contributed by atoms with Crippen LogP contribution in [0.15, 0.2) is 54.9 Å². The Balaban J connectivity index is 1.17. The molecule has 0 saturated carbocycles. The third-order valence-electron chi connectivity index (χ3n) is 5.77. The van der Waals surface area contributed by atoms with Crippen LogP contribution in [-0.4, -0.2) is 62.7 Å². The van der Waals surface area contributed by atoms with Crippen LogP contribution in [0.5, 0.6) is 5.88 Å². The number of aliphatic hydroxyl groups excluding tert-OH is 1. The van der Waals surface area contributed by atoms with Gasteiger partial charge < -0.3 is 24.3 Å². The van der Waals surface area contributed by atoms with E-state index in [0.29, 0.717) is 17.5 Å². The van der Waals surface area contributed by atoms with Crippen LogP contribution in [-0.2, 0) is 9.47 Å². The number of rotatable bonds is 4. The Bertz CT molecular complexity index is 1260. The average Bonchev–Trinajstić information content (AvgIpc) is 3.51. The maximum Gasteiger partial charge on any atom is 0.213 e. The van der Waals surface area contributed by atoms with Crippen LogP contribution in [0.1, 0.15) is 0 Å². The van der Waals surface area contributed by atoms with Crippen molar-refractivity contribution in [3.63, 3.8) is 0 Å². The first-order valence-electron chi connectivity index (χ1n) is 10.3. The summed E-state index contributed by atoms with van der Waals surface area (Å²) in [6, 6.07) is 13.2. The van der Waals surface area contributed by atoms with Crippen molar-refractivity contribution < 1.29 is 19.3 Å². The number of halogens is 1. The number of ether oxygens (including phenoxy) is 3. The number of nitrogens with one attached hydrogen (secondary N) is 1. The number of imidazole rings is 1. The number of hydrogen-bond donors (Lipinski definition) is 2. The Labute approximate surface area is 188 Å². The summed E-state index contributed by atoms with van der Waals surface area (Å²) in [5, 5.41) is 10.5. The molecule has 0 aliphatic carbocycles. The van der Waals surface area contributed by atoms with Gasteiger partial charge in [-0.15, -0.1) is 0 Å². The first-order chi connectivity index (χ1) is 15.6. The number of pyridine rings is 2. The Kier molecular flexibility index (Phi) is 4.80. The molecule has 0 bridgehead atoms. The molecule has 4 aromatic rings. The fourth-order valence-corrected chi connectivity index (χ4v) is 4.29. The maximum atomic E-state index is 9.85. The molecule has 6 rings (SSSR count). The molecule has 32 heavy (non-hydrogen) atoms. The highest BCUT2D eigenvalue weighted by Gasteiger charge is 2.48. The first kappa shape index (κ1) is 19.6. The molecule has 3 aromatic heterocycles. The lowest BCUT2D eigenvalue weighted by Gasteiger charge is -2.17. The monoisotopic (exact) mass is 450 g/mol. The quantitative estimate of drug-likeness (QED) is 0.492. The van der Waals surface area contributed by atoms with Crippen LogP contribution >= 0.6 is 11.6 Å². The minimum atomic E-state index is -0.602. The van der Waals surface area contributed by atoms with E-state index in [1.165, 1.54) is 0 Å². The smallest absolute Gasteiger partial charge is 0.213 e. The molecular weight excluding hydrogens is 432 g/mol. The minimum absolute atomic E-state index is 0.269. The lowest BCUT2D eigenvalue weighted by molar-refractivity contribution is 0.00780. The van der Waals surface area contributed by atoms with Crippen LogP contribution in [0.4, 0.5) is 0 Å². The highest BCUT2D eigenvalue weighted by atomic mass is 35.5. The zero-order chi connectivity index (χ0) is 21.7. The normalized spacial score (nSPS) is 24.7. The average molecular weight is 451 g/mol. The second-order valence-corrected chi connectivity index (χ2v) is 8.32. The predicted molar refractivity (Wildman–Crippen MR) is 117 cm³/mol. The summed E-state index contributed by atoms with van der Waals surface area (Å²) in [5.41, 5.74) is 4.27. The molecule has 9 heteroatoms. The number of aromatic amines is 1. The molecule has 0 amide bonds. The Morgan fingerprint density at radius 2 is 1.81 bits per heavy atom. The number of aromatic nitrogens is 4. The number of H-pyrrole nitrogens is 1. The van der Waals surface area contributed by atoms with Crippen molar-refractivity contribution in [1.29, 1.82) is 0 Å². The van der Waals surface area contributed by atoms with Crippen molar-refractivity contribution in [1.82, 2.24) is 19.9 Å². The largest absolute Gasteiger partial charge is 0.469 e. The van der Waals surface area contributed by atoms with Gasteiger partial charge in [-0.25, -0.2) is 9.97 Å². The van der Waals surface area contributed by atoms with Crippen molar-refractivity contribution in [2.75, 3.05) is 13.2 Å². The van der Waals surface area contributed by atoms with Crippen LogP contribution < -0.4 is 4.74 Å². The molecule has 2 saturated heterocycles. The van der Waals surface area contributed by atoms with Crippen molar-refractivity contribution >= 4 is 22.6 Å². The van der Waals surface area contributed by atoms with Gasteiger partial charge in [0.25, 0.3) is 0 Å². The molecule has 8 nitrogen and oxygen atoms in total. The molecule has 4 atom stereocenters. The zero-order valence-corrected chi connectivity index (χ0v) is 17.6. The van der Waals surface area contributed by atoms with Gasteiger partial charge in [0.05, 0.1) is 29.9 Å². The number of benzene rings is 1. The molecule has 0 spiro atoms. The van der Waals surface area contributed by atoms with Crippen LogP contribution in [0, 0.1) is 0 Å². The fraction of sp³-hybridized carbons (Fsp3) is 0.261. The number of fused-ring (bicyclic) bond motifs is 2. The predicted octanol–water partition coefficient (Wildman–Crippen LogP) is 3.25. The zero-order valence-electron chi connectivity index (χ0n) is 16.8. The topological polar surface area (TPSA) is 102 Å². The summed E-state index contributed by atoms with van der Waals surface area (Å²) in [6.07, 6.45) is 2.01. The third kappa shape index (κ3) is 3.51. The summed E-state index contributed by atoms with van der Waals surface area (Å²) >= 11 is 6.05. The van der Waals surface area contributed by atoms with Gasteiger partial charge in [0.1, 0.15) is 24.1 Å². The van der Waals surface area contributed by atoms with Crippen LogP contribution in [0.2, 0.25) is 5.02 Å². The molecule has 2 aliphatic heterocycles. The van der Waals surface area contributed by atoms with E-state index in [9.17, 15) is 5.11 Å². The lowest BCUT2D eigenvalue weighted by atomic mass is 10.1. The number of hydrogen-bond acceptors (Lipinski definition) is 7. The van der Waals surface area contributed by atoms with E-state index in [2.05, 4.69) is 19.9 Å². The van der Waals surface area contributed by atoms with Crippen molar-refractivity contribution in [3.8, 4) is 28.5 Å². The van der Waals surface area contributed by atoms with Gasteiger partial charge in [-0.2, -0.15) is 0 Å². The van der Waals surface area contributed by atoms with Crippen molar-refractivity contribution in [2.24, 2.45) is 0 Å². The first-order valence-corrected chi connectivity index (χ1v) is 10.7. The fourth-order valence-electron chi connectivity index (χ4n) is 4.12. The van der Waals surface area contributed by atoms with Crippen molar-refractivity contribution in [3.05, 3.63) is 59.9 Å². The minimum Gasteiger partial charge on any atom is -0.469 e. The second kappa shape index (κ2) is 7.83. The lowest BCUT2D eigenvalue weighted by Crippen LogP contribution is -2.34. The van der Waals surface area contributed by atoms with Crippen LogP contribution in [0.3, 0.4) is 0 Å². The van der Waals surface area contributed by atoms with E-state index >= 15 is 0 Å². The Morgan fingerprint density at radius 1 is 0.969 bits per heavy atom. The molecule has 0 unspecified atom stereocenters. The van der Waals surface area contributed by atoms with Gasteiger partial charge in [-0.05, 0) is 36.4 Å². The summed E-state index contributed by atoms with van der Waals surface area (Å²) in [5.74, 6) is 1.21. The van der Waals surface area contributed by atoms with Gasteiger partial charge >= 0.3 is 0 Å². The van der Waals surface area contributed by atoms with E-state index in [-0.39, 0.29) is 24.9 Å².